The van der Waals surface area contributed by atoms with E-state index in [1.165, 1.54) is 0 Å². The number of phenols is 1. The van der Waals surface area contributed by atoms with E-state index >= 15 is 0 Å². The van der Waals surface area contributed by atoms with Crippen molar-refractivity contribution < 1.29 is 9.90 Å². The van der Waals surface area contributed by atoms with Crippen LogP contribution in [0.25, 0.3) is 11.1 Å². The van der Waals surface area contributed by atoms with Gasteiger partial charge in [0.15, 0.2) is 0 Å². The Morgan fingerprint density at radius 3 is 2.79 bits per heavy atom. The van der Waals surface area contributed by atoms with Gasteiger partial charge in [-0.3, -0.25) is 4.79 Å². The number of hydrogen-bond acceptors (Lipinski definition) is 3. The number of carbonyl (C=O) groups is 1. The largest absolute Gasteiger partial charge is 0.508 e. The van der Waals surface area contributed by atoms with Gasteiger partial charge in [0.2, 0.25) is 0 Å². The number of aromatic hydroxyl groups is 1. The summed E-state index contributed by atoms with van der Waals surface area (Å²) in [5, 5.41) is 12.4. The van der Waals surface area contributed by atoms with E-state index in [1.54, 1.807) is 12.1 Å². The Hall–Kier alpha value is -2.49. The minimum Gasteiger partial charge on any atom is -0.508 e. The fraction of sp³-hybridized carbons (Fsp3) is 0.133. The van der Waals surface area contributed by atoms with Gasteiger partial charge in [0, 0.05) is 12.1 Å². The molecule has 19 heavy (non-hydrogen) atoms. The van der Waals surface area contributed by atoms with E-state index in [1.807, 2.05) is 25.1 Å². The number of hydrogen-bond donors (Lipinski definition) is 3. The average Bonchev–Trinajstić information content (AvgIpc) is 2.76. The van der Waals surface area contributed by atoms with E-state index in [4.69, 9.17) is 5.73 Å². The van der Waals surface area contributed by atoms with Crippen molar-refractivity contribution in [2.24, 2.45) is 0 Å². The number of carbonyl (C=O) groups excluding carboxylic acids is 1. The summed E-state index contributed by atoms with van der Waals surface area (Å²) in [6, 6.07) is 8.94. The fourth-order valence-corrected chi connectivity index (χ4v) is 2.48. The van der Waals surface area contributed by atoms with E-state index in [0.717, 1.165) is 22.3 Å². The zero-order chi connectivity index (χ0) is 13.6. The molecule has 1 aliphatic heterocycles. The Morgan fingerprint density at radius 1 is 1.21 bits per heavy atom. The van der Waals surface area contributed by atoms with Gasteiger partial charge in [-0.15, -0.1) is 0 Å². The minimum atomic E-state index is -0.132. The summed E-state index contributed by atoms with van der Waals surface area (Å²) >= 11 is 0. The van der Waals surface area contributed by atoms with Crippen LogP contribution in [-0.2, 0) is 6.54 Å². The number of nitrogen functional groups attached to an aromatic ring is 1. The summed E-state index contributed by atoms with van der Waals surface area (Å²) < 4.78 is 0. The molecule has 96 valence electrons. The molecule has 2 aromatic rings. The summed E-state index contributed by atoms with van der Waals surface area (Å²) in [7, 11) is 0. The van der Waals surface area contributed by atoms with Crippen LogP contribution in [0.1, 0.15) is 21.5 Å². The van der Waals surface area contributed by atoms with Crippen LogP contribution in [0.15, 0.2) is 30.3 Å². The Bertz CT molecular complexity index is 693. The molecule has 1 aliphatic rings. The molecule has 0 radical (unpaired) electrons. The van der Waals surface area contributed by atoms with Gasteiger partial charge in [0.25, 0.3) is 5.91 Å². The van der Waals surface area contributed by atoms with Crippen molar-refractivity contribution >= 4 is 11.6 Å². The first-order chi connectivity index (χ1) is 9.08. The molecule has 1 heterocycles. The highest BCUT2D eigenvalue weighted by atomic mass is 16.3. The van der Waals surface area contributed by atoms with Crippen LogP contribution in [0.5, 0.6) is 5.75 Å². The molecular formula is C15H14N2O2. The molecule has 3 rings (SSSR count). The Labute approximate surface area is 110 Å². The Morgan fingerprint density at radius 2 is 2.00 bits per heavy atom. The standard InChI is InChI=1S/C15H14N2O2/c1-8-2-4-10(18)6-12(8)11-5-3-9-7-17-15(19)13(9)14(11)16/h2-6,18H,7,16H2,1H3,(H,17,19). The van der Waals surface area contributed by atoms with Crippen molar-refractivity contribution in [1.29, 1.82) is 0 Å². The summed E-state index contributed by atoms with van der Waals surface area (Å²) in [6.07, 6.45) is 0. The third kappa shape index (κ3) is 1.73. The maximum Gasteiger partial charge on any atom is 0.254 e. The maximum absolute atomic E-state index is 11.8. The monoisotopic (exact) mass is 254 g/mol. The van der Waals surface area contributed by atoms with Crippen LogP contribution >= 0.6 is 0 Å². The lowest BCUT2D eigenvalue weighted by atomic mass is 9.94. The molecule has 4 heteroatoms. The van der Waals surface area contributed by atoms with Gasteiger partial charge in [-0.25, -0.2) is 0 Å². The third-order valence-electron chi connectivity index (χ3n) is 3.51. The summed E-state index contributed by atoms with van der Waals surface area (Å²) in [4.78, 5) is 11.8. The second-order valence-corrected chi connectivity index (χ2v) is 4.74. The number of amides is 1. The van der Waals surface area contributed by atoms with Crippen molar-refractivity contribution in [2.75, 3.05) is 5.73 Å². The number of anilines is 1. The molecule has 1 amide bonds. The maximum atomic E-state index is 11.8. The number of nitrogens with one attached hydrogen (secondary N) is 1. The highest BCUT2D eigenvalue weighted by Crippen LogP contribution is 2.35. The molecule has 0 aromatic heterocycles. The average molecular weight is 254 g/mol. The first kappa shape index (κ1) is 11.6. The molecular weight excluding hydrogens is 240 g/mol. The van der Waals surface area contributed by atoms with Gasteiger partial charge in [0.05, 0.1) is 11.3 Å². The molecule has 0 fully saturated rings. The van der Waals surface area contributed by atoms with Crippen LogP contribution in [-0.4, -0.2) is 11.0 Å². The zero-order valence-corrected chi connectivity index (χ0v) is 10.5. The lowest BCUT2D eigenvalue weighted by molar-refractivity contribution is 0.0966. The lowest BCUT2D eigenvalue weighted by Gasteiger charge is -2.12. The van der Waals surface area contributed by atoms with Crippen LogP contribution in [0.4, 0.5) is 5.69 Å². The Balaban J connectivity index is 2.25. The second-order valence-electron chi connectivity index (χ2n) is 4.74. The van der Waals surface area contributed by atoms with E-state index < -0.39 is 0 Å². The normalized spacial score (nSPS) is 13.2. The SMILES string of the molecule is Cc1ccc(O)cc1-c1ccc2c(c1N)C(=O)NC2. The van der Waals surface area contributed by atoms with Crippen molar-refractivity contribution in [3.8, 4) is 16.9 Å². The molecule has 0 spiro atoms. The summed E-state index contributed by atoms with van der Waals surface area (Å²) in [6.45, 7) is 2.47. The van der Waals surface area contributed by atoms with E-state index in [-0.39, 0.29) is 11.7 Å². The van der Waals surface area contributed by atoms with Crippen molar-refractivity contribution in [2.45, 2.75) is 13.5 Å². The van der Waals surface area contributed by atoms with Gasteiger partial charge < -0.3 is 16.2 Å². The molecule has 0 saturated carbocycles. The number of aryl methyl sites for hydroxylation is 1. The molecule has 0 bridgehead atoms. The molecule has 0 atom stereocenters. The lowest BCUT2D eigenvalue weighted by Crippen LogP contribution is -2.13. The van der Waals surface area contributed by atoms with E-state index in [9.17, 15) is 9.90 Å². The quantitative estimate of drug-likeness (QED) is 0.683. The van der Waals surface area contributed by atoms with Gasteiger partial charge in [-0.05, 0) is 35.7 Å². The number of rotatable bonds is 1. The molecule has 4 N–H and O–H groups in total. The number of fused-ring (bicyclic) bond motifs is 1. The van der Waals surface area contributed by atoms with Gasteiger partial charge >= 0.3 is 0 Å². The van der Waals surface area contributed by atoms with E-state index in [0.29, 0.717) is 17.8 Å². The first-order valence-electron chi connectivity index (χ1n) is 6.07. The van der Waals surface area contributed by atoms with Crippen molar-refractivity contribution in [3.05, 3.63) is 47.0 Å². The molecule has 4 nitrogen and oxygen atoms in total. The molecule has 0 unspecified atom stereocenters. The second kappa shape index (κ2) is 4.02. The van der Waals surface area contributed by atoms with Crippen molar-refractivity contribution in [1.82, 2.24) is 5.32 Å². The smallest absolute Gasteiger partial charge is 0.254 e. The summed E-state index contributed by atoms with van der Waals surface area (Å²) in [5.41, 5.74) is 10.7. The van der Waals surface area contributed by atoms with Crippen LogP contribution < -0.4 is 11.1 Å². The van der Waals surface area contributed by atoms with Gasteiger partial charge in [0.1, 0.15) is 5.75 Å². The minimum absolute atomic E-state index is 0.132. The van der Waals surface area contributed by atoms with Gasteiger partial charge in [-0.1, -0.05) is 18.2 Å². The third-order valence-corrected chi connectivity index (χ3v) is 3.51. The molecule has 0 aliphatic carbocycles. The van der Waals surface area contributed by atoms with Crippen LogP contribution in [0, 0.1) is 6.92 Å². The van der Waals surface area contributed by atoms with Crippen molar-refractivity contribution in [3.63, 3.8) is 0 Å². The van der Waals surface area contributed by atoms with E-state index in [2.05, 4.69) is 5.32 Å². The highest BCUT2D eigenvalue weighted by molar-refractivity contribution is 6.06. The first-order valence-corrected chi connectivity index (χ1v) is 6.07. The summed E-state index contributed by atoms with van der Waals surface area (Å²) in [5.74, 6) is 0.0529. The van der Waals surface area contributed by atoms with Gasteiger partial charge in [-0.2, -0.15) is 0 Å². The predicted molar refractivity (Wildman–Crippen MR) is 73.9 cm³/mol. The molecule has 2 aromatic carbocycles. The van der Waals surface area contributed by atoms with Crippen LogP contribution in [0.2, 0.25) is 0 Å². The Kier molecular flexibility index (Phi) is 2.45. The number of benzene rings is 2. The van der Waals surface area contributed by atoms with Crippen LogP contribution in [0.3, 0.4) is 0 Å². The molecule has 0 saturated heterocycles. The number of nitrogens with two attached hydrogens (primary N) is 1. The topological polar surface area (TPSA) is 75.3 Å². The highest BCUT2D eigenvalue weighted by Gasteiger charge is 2.24. The number of phenolic OH excluding ortho intramolecular Hbond substituents is 1. The predicted octanol–water partition coefficient (Wildman–Crippen LogP) is 2.19. The zero-order valence-electron chi connectivity index (χ0n) is 10.5. The fourth-order valence-electron chi connectivity index (χ4n) is 2.48.